The van der Waals surface area contributed by atoms with Crippen LogP contribution in [-0.2, 0) is 5.75 Å². The Labute approximate surface area is 213 Å². The van der Waals surface area contributed by atoms with E-state index in [0.29, 0.717) is 24.4 Å². The number of carbonyl (C=O) groups is 1. The maximum absolute atomic E-state index is 13.0. The summed E-state index contributed by atoms with van der Waals surface area (Å²) in [6.45, 7) is 2.82. The zero-order chi connectivity index (χ0) is 23.8. The van der Waals surface area contributed by atoms with Crippen LogP contribution in [0.2, 0.25) is 0 Å². The summed E-state index contributed by atoms with van der Waals surface area (Å²) in [6, 6.07) is 26.3. The summed E-state index contributed by atoms with van der Waals surface area (Å²) in [6.07, 6.45) is 4.03. The quantitative estimate of drug-likeness (QED) is 0.358. The second kappa shape index (κ2) is 9.73. The van der Waals surface area contributed by atoms with Gasteiger partial charge in [-0.05, 0) is 84.7 Å². The van der Waals surface area contributed by atoms with E-state index in [4.69, 9.17) is 0 Å². The van der Waals surface area contributed by atoms with Crippen LogP contribution < -0.4 is 10.6 Å². The number of carbonyl (C=O) groups excluding carboxylic acids is 1. The van der Waals surface area contributed by atoms with Crippen LogP contribution in [0.5, 0.6) is 0 Å². The maximum atomic E-state index is 13.0. The summed E-state index contributed by atoms with van der Waals surface area (Å²) in [5.74, 6) is 4.68. The number of aryl methyl sites for hydroxylation is 1. The van der Waals surface area contributed by atoms with E-state index in [1.54, 1.807) is 0 Å². The molecule has 180 valence electrons. The predicted octanol–water partition coefficient (Wildman–Crippen LogP) is 6.95. The zero-order valence-electron chi connectivity index (χ0n) is 20.4. The Bertz CT molecular complexity index is 1210. The Morgan fingerprint density at radius 2 is 1.86 bits per heavy atom. The molecule has 3 aromatic rings. The van der Waals surface area contributed by atoms with Crippen molar-refractivity contribution < 1.29 is 4.79 Å². The third kappa shape index (κ3) is 4.49. The van der Waals surface area contributed by atoms with E-state index >= 15 is 0 Å². The van der Waals surface area contributed by atoms with Gasteiger partial charge in [0.15, 0.2) is 0 Å². The number of anilines is 1. The van der Waals surface area contributed by atoms with Crippen LogP contribution in [0, 0.1) is 24.7 Å². The van der Waals surface area contributed by atoms with Crippen LogP contribution in [-0.4, -0.2) is 18.2 Å². The number of hydrogen-bond donors (Lipinski definition) is 2. The van der Waals surface area contributed by atoms with Crippen LogP contribution in [0.3, 0.4) is 0 Å². The molecule has 0 aromatic heterocycles. The van der Waals surface area contributed by atoms with Crippen molar-refractivity contribution in [1.82, 2.24) is 5.32 Å². The Balaban J connectivity index is 1.13. The first-order valence-electron chi connectivity index (χ1n) is 13.0. The Morgan fingerprint density at radius 3 is 2.71 bits per heavy atom. The van der Waals surface area contributed by atoms with Crippen molar-refractivity contribution in [2.75, 3.05) is 17.6 Å². The lowest BCUT2D eigenvalue weighted by molar-refractivity contribution is 0.0956. The number of nitrogens with one attached hydrogen (secondary N) is 2. The molecule has 2 bridgehead atoms. The molecule has 1 heterocycles. The van der Waals surface area contributed by atoms with Crippen LogP contribution in [0.15, 0.2) is 72.8 Å². The Kier molecular flexibility index (Phi) is 6.32. The minimum atomic E-state index is 0.0499. The highest BCUT2D eigenvalue weighted by Gasteiger charge is 2.53. The van der Waals surface area contributed by atoms with Gasteiger partial charge in [-0.2, -0.15) is 11.8 Å². The number of benzene rings is 3. The van der Waals surface area contributed by atoms with Crippen molar-refractivity contribution in [2.45, 2.75) is 43.9 Å². The molecule has 0 unspecified atom stereocenters. The van der Waals surface area contributed by atoms with Gasteiger partial charge in [0.1, 0.15) is 0 Å². The molecule has 35 heavy (non-hydrogen) atoms. The van der Waals surface area contributed by atoms with Gasteiger partial charge in [-0.3, -0.25) is 4.79 Å². The molecule has 1 amide bonds. The van der Waals surface area contributed by atoms with E-state index in [2.05, 4.69) is 84.3 Å². The van der Waals surface area contributed by atoms with Gasteiger partial charge in [-0.25, -0.2) is 0 Å². The molecule has 6 rings (SSSR count). The number of amides is 1. The average Bonchev–Trinajstić information content (AvgIpc) is 3.51. The van der Waals surface area contributed by atoms with Gasteiger partial charge in [0.05, 0.1) is 6.04 Å². The summed E-state index contributed by atoms with van der Waals surface area (Å²) >= 11 is 1.87. The van der Waals surface area contributed by atoms with Crippen molar-refractivity contribution in [2.24, 2.45) is 17.8 Å². The van der Waals surface area contributed by atoms with E-state index in [-0.39, 0.29) is 5.91 Å². The summed E-state index contributed by atoms with van der Waals surface area (Å²) in [5.41, 5.74) is 7.43. The van der Waals surface area contributed by atoms with Gasteiger partial charge in [0.25, 0.3) is 5.91 Å². The highest BCUT2D eigenvalue weighted by atomic mass is 32.2. The van der Waals surface area contributed by atoms with Gasteiger partial charge in [-0.1, -0.05) is 60.2 Å². The SMILES string of the molecule is Cc1cccc(CSCCNC(=O)c2ccc3c(c2)[C@@H]2[C@H]4CC[C@@H](C4)[C@H]2[C@H](c2ccccc2)N3)c1. The van der Waals surface area contributed by atoms with E-state index in [1.807, 2.05) is 17.8 Å². The van der Waals surface area contributed by atoms with E-state index in [0.717, 1.165) is 28.9 Å². The van der Waals surface area contributed by atoms with Crippen molar-refractivity contribution >= 4 is 23.4 Å². The van der Waals surface area contributed by atoms with Gasteiger partial charge < -0.3 is 10.6 Å². The summed E-state index contributed by atoms with van der Waals surface area (Å²) < 4.78 is 0. The lowest BCUT2D eigenvalue weighted by Gasteiger charge is -2.43. The summed E-state index contributed by atoms with van der Waals surface area (Å²) in [5, 5.41) is 7.03. The van der Waals surface area contributed by atoms with E-state index in [1.165, 1.54) is 47.2 Å². The first kappa shape index (κ1) is 22.7. The van der Waals surface area contributed by atoms with Crippen molar-refractivity contribution in [3.8, 4) is 0 Å². The second-order valence-corrected chi connectivity index (χ2v) is 11.7. The Hall–Kier alpha value is -2.72. The van der Waals surface area contributed by atoms with E-state index in [9.17, 15) is 4.79 Å². The van der Waals surface area contributed by atoms with E-state index < -0.39 is 0 Å². The molecular formula is C31H34N2OS. The standard InChI is InChI=1S/C31H34N2OS/c1-20-6-5-7-21(16-20)19-35-15-14-32-31(34)25-12-13-27-26(18-25)28-23-10-11-24(17-23)29(28)30(33-27)22-8-3-2-4-9-22/h2-9,12-13,16,18,23-24,28-30,33H,10-11,14-15,17,19H2,1H3,(H,32,34)/t23-,24-,28-,29+,30-/m0/s1. The van der Waals surface area contributed by atoms with Crippen LogP contribution in [0.1, 0.15) is 63.8 Å². The molecule has 2 saturated carbocycles. The monoisotopic (exact) mass is 482 g/mol. The number of rotatable bonds is 7. The molecule has 4 heteroatoms. The van der Waals surface area contributed by atoms with Crippen LogP contribution >= 0.6 is 11.8 Å². The molecule has 3 nitrogen and oxygen atoms in total. The Morgan fingerprint density at radius 1 is 1.00 bits per heavy atom. The largest absolute Gasteiger partial charge is 0.378 e. The zero-order valence-corrected chi connectivity index (χ0v) is 21.2. The molecule has 1 aliphatic heterocycles. The van der Waals surface area contributed by atoms with Gasteiger partial charge in [0.2, 0.25) is 0 Å². The van der Waals surface area contributed by atoms with Crippen molar-refractivity contribution in [3.05, 3.63) is 101 Å². The molecule has 3 aromatic carbocycles. The number of hydrogen-bond acceptors (Lipinski definition) is 3. The lowest BCUT2D eigenvalue weighted by atomic mass is 9.68. The topological polar surface area (TPSA) is 41.1 Å². The molecule has 0 saturated heterocycles. The molecule has 3 aliphatic rings. The first-order chi connectivity index (χ1) is 17.2. The maximum Gasteiger partial charge on any atom is 0.251 e. The highest BCUT2D eigenvalue weighted by molar-refractivity contribution is 7.98. The lowest BCUT2D eigenvalue weighted by Crippen LogP contribution is -2.35. The fourth-order valence-electron chi connectivity index (χ4n) is 6.95. The minimum Gasteiger partial charge on any atom is -0.378 e. The number of thioether (sulfide) groups is 1. The molecule has 2 aliphatic carbocycles. The fraction of sp³-hybridized carbons (Fsp3) is 0.387. The summed E-state index contributed by atoms with van der Waals surface area (Å²) in [4.78, 5) is 13.0. The highest BCUT2D eigenvalue weighted by Crippen LogP contribution is 2.63. The molecule has 2 N–H and O–H groups in total. The third-order valence-corrected chi connectivity index (χ3v) is 9.42. The van der Waals surface area contributed by atoms with Crippen LogP contribution in [0.25, 0.3) is 0 Å². The molecule has 0 spiro atoms. The smallest absolute Gasteiger partial charge is 0.251 e. The number of fused-ring (bicyclic) bond motifs is 7. The molecule has 2 fully saturated rings. The average molecular weight is 483 g/mol. The van der Waals surface area contributed by atoms with Gasteiger partial charge in [-0.15, -0.1) is 0 Å². The minimum absolute atomic E-state index is 0.0499. The molecule has 5 atom stereocenters. The molecule has 0 radical (unpaired) electrons. The van der Waals surface area contributed by atoms with Crippen molar-refractivity contribution in [3.63, 3.8) is 0 Å². The summed E-state index contributed by atoms with van der Waals surface area (Å²) in [7, 11) is 0. The predicted molar refractivity (Wildman–Crippen MR) is 146 cm³/mol. The van der Waals surface area contributed by atoms with Gasteiger partial charge in [0, 0.05) is 29.3 Å². The fourth-order valence-corrected chi connectivity index (χ4v) is 7.75. The van der Waals surface area contributed by atoms with Crippen LogP contribution in [0.4, 0.5) is 5.69 Å². The normalized spacial score (nSPS) is 26.0. The first-order valence-corrected chi connectivity index (χ1v) is 14.2. The van der Waals surface area contributed by atoms with Crippen molar-refractivity contribution in [1.29, 1.82) is 0 Å². The van der Waals surface area contributed by atoms with Gasteiger partial charge >= 0.3 is 0 Å². The third-order valence-electron chi connectivity index (χ3n) is 8.39. The second-order valence-electron chi connectivity index (χ2n) is 10.6. The molecular weight excluding hydrogens is 448 g/mol.